The lowest BCUT2D eigenvalue weighted by Crippen LogP contribution is -2.31. The number of anilines is 2. The number of carbonyl (C=O) groups is 2. The number of para-hydroxylation sites is 2. The molecule has 2 aromatic carbocycles. The van der Waals surface area contributed by atoms with E-state index in [1.165, 1.54) is 36.1 Å². The molecule has 50 heavy (non-hydrogen) atoms. The molecule has 0 aliphatic carbocycles. The van der Waals surface area contributed by atoms with Gasteiger partial charge in [0.2, 0.25) is 0 Å². The summed E-state index contributed by atoms with van der Waals surface area (Å²) in [6.07, 6.45) is 3.05. The van der Waals surface area contributed by atoms with E-state index in [-0.39, 0.29) is 11.8 Å². The number of rotatable bonds is 11. The van der Waals surface area contributed by atoms with Gasteiger partial charge in [0.15, 0.2) is 0 Å². The molecule has 2 aromatic heterocycles. The largest absolute Gasteiger partial charge is 0.468 e. The summed E-state index contributed by atoms with van der Waals surface area (Å²) < 4.78 is 11.5. The first-order valence-electron chi connectivity index (χ1n) is 15.7. The molecule has 6 rings (SSSR count). The molecule has 250 valence electrons. The zero-order valence-corrected chi connectivity index (χ0v) is 28.8. The third-order valence-electron chi connectivity index (χ3n) is 8.08. The Hall–Kier alpha value is -5.82. The average molecular weight is 701 g/mol. The first-order valence-corrected chi connectivity index (χ1v) is 17.7. The number of hydrogen-bond acceptors (Lipinski definition) is 10. The van der Waals surface area contributed by atoms with Crippen LogP contribution in [0.5, 0.6) is 0 Å². The summed E-state index contributed by atoms with van der Waals surface area (Å²) in [6, 6.07) is 29.9. The Balaban J connectivity index is 1.20. The van der Waals surface area contributed by atoms with E-state index < -0.39 is 11.8 Å². The minimum atomic E-state index is -0.703. The van der Waals surface area contributed by atoms with Crippen LogP contribution >= 0.6 is 23.5 Å². The highest BCUT2D eigenvalue weighted by molar-refractivity contribution is 8.06. The van der Waals surface area contributed by atoms with Crippen LogP contribution in [-0.2, 0) is 9.59 Å². The number of dihydropyridines is 2. The van der Waals surface area contributed by atoms with Gasteiger partial charge in [0.25, 0.3) is 11.8 Å². The van der Waals surface area contributed by atoms with Crippen molar-refractivity contribution >= 4 is 46.7 Å². The van der Waals surface area contributed by atoms with Crippen LogP contribution in [0.15, 0.2) is 150 Å². The van der Waals surface area contributed by atoms with Gasteiger partial charge in [0, 0.05) is 34.3 Å². The summed E-state index contributed by atoms with van der Waals surface area (Å²) in [6.45, 7) is 3.62. The minimum Gasteiger partial charge on any atom is -0.468 e. The molecule has 0 saturated carbocycles. The number of furan rings is 2. The summed E-state index contributed by atoms with van der Waals surface area (Å²) >= 11 is 2.89. The van der Waals surface area contributed by atoms with E-state index in [1.54, 1.807) is 48.5 Å². The molecule has 2 amide bonds. The van der Waals surface area contributed by atoms with E-state index >= 15 is 0 Å². The Morgan fingerprint density at radius 1 is 0.660 bits per heavy atom. The highest BCUT2D eigenvalue weighted by Gasteiger charge is 2.38. The molecule has 10 nitrogen and oxygen atoms in total. The Morgan fingerprint density at radius 2 is 1.06 bits per heavy atom. The Bertz CT molecular complexity index is 1940. The van der Waals surface area contributed by atoms with Crippen LogP contribution in [0.25, 0.3) is 0 Å². The number of benzene rings is 2. The highest BCUT2D eigenvalue weighted by Crippen LogP contribution is 2.43. The zero-order chi connectivity index (χ0) is 35.0. The molecule has 0 bridgehead atoms. The van der Waals surface area contributed by atoms with Crippen LogP contribution in [0, 0.1) is 22.7 Å². The van der Waals surface area contributed by atoms with Crippen molar-refractivity contribution in [2.45, 2.75) is 25.7 Å². The van der Waals surface area contributed by atoms with Gasteiger partial charge in [0.05, 0.1) is 68.9 Å². The molecule has 2 atom stereocenters. The smallest absolute Gasteiger partial charge is 0.254 e. The number of amides is 2. The molecular weight excluding hydrogens is 669 g/mol. The molecule has 4 N–H and O–H groups in total. The third-order valence-corrected chi connectivity index (χ3v) is 10.4. The lowest BCUT2D eigenvalue weighted by molar-refractivity contribution is -0.114. The van der Waals surface area contributed by atoms with Crippen molar-refractivity contribution in [2.24, 2.45) is 0 Å². The van der Waals surface area contributed by atoms with Gasteiger partial charge in [-0.2, -0.15) is 10.5 Å². The highest BCUT2D eigenvalue weighted by atomic mass is 32.2. The van der Waals surface area contributed by atoms with E-state index in [4.69, 9.17) is 8.83 Å². The molecular formula is C38H32N6O4S2. The second kappa shape index (κ2) is 15.6. The van der Waals surface area contributed by atoms with E-state index in [9.17, 15) is 20.1 Å². The number of nitrogens with zero attached hydrogens (tertiary/aromatic N) is 2. The van der Waals surface area contributed by atoms with Gasteiger partial charge in [-0.1, -0.05) is 36.4 Å². The van der Waals surface area contributed by atoms with Crippen molar-refractivity contribution in [3.8, 4) is 12.1 Å². The fraction of sp³-hybridized carbons (Fsp3) is 0.158. The first kappa shape index (κ1) is 34.1. The van der Waals surface area contributed by atoms with Crippen LogP contribution in [0.2, 0.25) is 0 Å². The second-order valence-electron chi connectivity index (χ2n) is 11.3. The zero-order valence-electron chi connectivity index (χ0n) is 27.2. The molecule has 0 saturated heterocycles. The van der Waals surface area contributed by atoms with E-state index in [2.05, 4.69) is 33.4 Å². The monoisotopic (exact) mass is 700 g/mol. The molecule has 0 spiro atoms. The summed E-state index contributed by atoms with van der Waals surface area (Å²) in [5.74, 6) is 0.0167. The predicted molar refractivity (Wildman–Crippen MR) is 195 cm³/mol. The lowest BCUT2D eigenvalue weighted by Gasteiger charge is -2.29. The Labute approximate surface area is 298 Å². The van der Waals surface area contributed by atoms with Crippen LogP contribution in [-0.4, -0.2) is 23.3 Å². The van der Waals surface area contributed by atoms with Crippen molar-refractivity contribution in [3.05, 3.63) is 153 Å². The molecule has 0 unspecified atom stereocenters. The number of allylic oxidation sites excluding steroid dienone is 4. The van der Waals surface area contributed by atoms with Gasteiger partial charge in [-0.05, 0) is 62.4 Å². The number of carbonyl (C=O) groups excluding carboxylic acids is 2. The average Bonchev–Trinajstić information content (AvgIpc) is 3.86. The van der Waals surface area contributed by atoms with Crippen LogP contribution < -0.4 is 21.3 Å². The van der Waals surface area contributed by atoms with Gasteiger partial charge in [-0.15, -0.1) is 23.5 Å². The maximum Gasteiger partial charge on any atom is 0.254 e. The summed E-state index contributed by atoms with van der Waals surface area (Å²) in [7, 11) is 0. The quantitative estimate of drug-likeness (QED) is 0.114. The molecule has 0 fully saturated rings. The van der Waals surface area contributed by atoms with E-state index in [0.29, 0.717) is 78.1 Å². The summed E-state index contributed by atoms with van der Waals surface area (Å²) in [5, 5.41) is 34.5. The molecule has 4 heterocycles. The van der Waals surface area contributed by atoms with Crippen LogP contribution in [0.4, 0.5) is 11.4 Å². The fourth-order valence-electron chi connectivity index (χ4n) is 5.86. The normalized spacial score (nSPS) is 17.4. The molecule has 2 aliphatic rings. The first-order chi connectivity index (χ1) is 24.4. The van der Waals surface area contributed by atoms with Gasteiger partial charge >= 0.3 is 0 Å². The van der Waals surface area contributed by atoms with Crippen molar-refractivity contribution in [3.63, 3.8) is 0 Å². The summed E-state index contributed by atoms with van der Waals surface area (Å²) in [4.78, 5) is 27.1. The van der Waals surface area contributed by atoms with E-state index in [0.717, 1.165) is 0 Å². The minimum absolute atomic E-state index is 0.333. The Morgan fingerprint density at radius 3 is 1.40 bits per heavy atom. The van der Waals surface area contributed by atoms with Gasteiger partial charge < -0.3 is 30.1 Å². The molecule has 4 aromatic rings. The predicted octanol–water partition coefficient (Wildman–Crippen LogP) is 7.71. The van der Waals surface area contributed by atoms with Crippen molar-refractivity contribution < 1.29 is 18.4 Å². The van der Waals surface area contributed by atoms with Gasteiger partial charge in [-0.25, -0.2) is 0 Å². The molecule has 12 heteroatoms. The Kier molecular flexibility index (Phi) is 10.6. The van der Waals surface area contributed by atoms with Crippen molar-refractivity contribution in [1.82, 2.24) is 10.6 Å². The number of thioether (sulfide) groups is 2. The SMILES string of the molecule is CC1=C(C(=O)Nc2ccccc2)[C@H](c2ccco2)C(C#N)=C(SCCSC2=C(C#N)[C@@H](c3ccco3)C(C(=O)Nc3ccccc3)=C(C)N2)N1. The maximum atomic E-state index is 13.6. The second-order valence-corrected chi connectivity index (χ2v) is 13.5. The molecule has 2 aliphatic heterocycles. The number of nitriles is 2. The lowest BCUT2D eigenvalue weighted by atomic mass is 9.85. The fourth-order valence-corrected chi connectivity index (χ4v) is 8.03. The van der Waals surface area contributed by atoms with Gasteiger partial charge in [-0.3, -0.25) is 9.59 Å². The topological polar surface area (TPSA) is 156 Å². The molecule has 0 radical (unpaired) electrons. The van der Waals surface area contributed by atoms with Gasteiger partial charge in [0.1, 0.15) is 11.5 Å². The standard InChI is InChI=1S/C38H32N6O4S2/c1-23-31(35(45)43-25-11-5-3-6-12-25)33(29-15-9-17-47-29)27(21-39)37(41-23)49-19-20-50-38-28(22-40)34(30-16-10-18-48-30)32(24(2)42-38)36(46)44-26-13-7-4-8-14-26/h3-18,33-34,41-42H,19-20H2,1-2H3,(H,43,45)(H,44,46)/t33-,34-/m0/s1. The maximum absolute atomic E-state index is 13.6. The van der Waals surface area contributed by atoms with E-state index in [1.807, 2.05) is 50.2 Å². The third kappa shape index (κ3) is 7.27. The van der Waals surface area contributed by atoms with Crippen LogP contribution in [0.1, 0.15) is 37.2 Å². The van der Waals surface area contributed by atoms with Crippen LogP contribution in [0.3, 0.4) is 0 Å². The number of nitrogens with one attached hydrogen (secondary N) is 4. The van der Waals surface area contributed by atoms with Crippen molar-refractivity contribution in [2.75, 3.05) is 22.1 Å². The summed E-state index contributed by atoms with van der Waals surface area (Å²) in [5.41, 5.74) is 4.04. The van der Waals surface area contributed by atoms with Crippen molar-refractivity contribution in [1.29, 1.82) is 10.5 Å². The number of hydrogen-bond donors (Lipinski definition) is 4.